The van der Waals surface area contributed by atoms with Crippen LogP contribution in [0.4, 0.5) is 5.69 Å². The third-order valence-corrected chi connectivity index (χ3v) is 5.17. The molecule has 0 saturated heterocycles. The Hall–Kier alpha value is -2.83. The molecule has 3 aromatic rings. The highest BCUT2D eigenvalue weighted by Gasteiger charge is 2.17. The Kier molecular flexibility index (Phi) is 6.56. The van der Waals surface area contributed by atoms with Gasteiger partial charge in [0.25, 0.3) is 5.56 Å². The van der Waals surface area contributed by atoms with E-state index in [2.05, 4.69) is 15.7 Å². The van der Waals surface area contributed by atoms with E-state index >= 15 is 0 Å². The van der Waals surface area contributed by atoms with Crippen LogP contribution in [0.25, 0.3) is 5.69 Å². The molecule has 29 heavy (non-hydrogen) atoms. The lowest BCUT2D eigenvalue weighted by Crippen LogP contribution is -2.37. The number of benzene rings is 2. The van der Waals surface area contributed by atoms with Gasteiger partial charge in [0.1, 0.15) is 11.1 Å². The van der Waals surface area contributed by atoms with E-state index < -0.39 is 11.6 Å². The molecule has 0 aliphatic heterocycles. The number of aromatic nitrogens is 2. The second-order valence-corrected chi connectivity index (χ2v) is 7.38. The van der Waals surface area contributed by atoms with Crippen LogP contribution >= 0.6 is 23.2 Å². The monoisotopic (exact) mass is 430 g/mol. The Morgan fingerprint density at radius 2 is 1.90 bits per heavy atom. The summed E-state index contributed by atoms with van der Waals surface area (Å²) in [6.07, 6.45) is 1.42. The van der Waals surface area contributed by atoms with E-state index in [9.17, 15) is 9.59 Å². The van der Waals surface area contributed by atoms with Crippen LogP contribution in [0.5, 0.6) is 0 Å². The fraction of sp³-hybridized carbons (Fsp3) is 0.190. The Labute approximate surface area is 178 Å². The van der Waals surface area contributed by atoms with Crippen molar-refractivity contribution in [2.24, 2.45) is 0 Å². The largest absolute Gasteiger partial charge is 0.371 e. The number of hydrogen-bond donors (Lipinski definition) is 2. The average molecular weight is 431 g/mol. The molecule has 1 unspecified atom stereocenters. The number of rotatable bonds is 6. The summed E-state index contributed by atoms with van der Waals surface area (Å²) in [5, 5.41) is 10.4. The number of carbonyl (C=O) groups excluding carboxylic acids is 1. The molecule has 0 bridgehead atoms. The van der Waals surface area contributed by atoms with Crippen LogP contribution < -0.4 is 16.2 Å². The van der Waals surface area contributed by atoms with Gasteiger partial charge in [0, 0.05) is 11.6 Å². The number of hydrogen-bond acceptors (Lipinski definition) is 4. The van der Waals surface area contributed by atoms with Crippen LogP contribution in [-0.4, -0.2) is 21.7 Å². The first-order chi connectivity index (χ1) is 13.9. The molecule has 3 rings (SSSR count). The Balaban J connectivity index is 1.72. The lowest BCUT2D eigenvalue weighted by Gasteiger charge is -2.16. The van der Waals surface area contributed by atoms with Gasteiger partial charge in [-0.25, -0.2) is 0 Å². The maximum Gasteiger partial charge on any atom is 0.292 e. The molecule has 6 nitrogen and oxygen atoms in total. The zero-order chi connectivity index (χ0) is 21.0. The van der Waals surface area contributed by atoms with Gasteiger partial charge in [0.2, 0.25) is 5.91 Å². The third kappa shape index (κ3) is 4.96. The minimum absolute atomic E-state index is 0.0561. The van der Waals surface area contributed by atoms with Crippen LogP contribution in [0.2, 0.25) is 10.0 Å². The summed E-state index contributed by atoms with van der Waals surface area (Å²) in [5.41, 5.74) is 2.17. The van der Waals surface area contributed by atoms with Gasteiger partial charge in [-0.15, -0.1) is 0 Å². The average Bonchev–Trinajstić information content (AvgIpc) is 2.72. The van der Waals surface area contributed by atoms with Gasteiger partial charge >= 0.3 is 0 Å². The maximum atomic E-state index is 12.6. The van der Waals surface area contributed by atoms with Crippen LogP contribution in [0.3, 0.4) is 0 Å². The number of carbonyl (C=O) groups is 1. The minimum Gasteiger partial charge on any atom is -0.371 e. The van der Waals surface area contributed by atoms with Crippen molar-refractivity contribution >= 4 is 34.8 Å². The second kappa shape index (κ2) is 9.11. The van der Waals surface area contributed by atoms with E-state index in [1.165, 1.54) is 10.9 Å². The zero-order valence-corrected chi connectivity index (χ0v) is 17.5. The summed E-state index contributed by atoms with van der Waals surface area (Å²) in [6, 6.07) is 14.2. The second-order valence-electron chi connectivity index (χ2n) is 6.59. The van der Waals surface area contributed by atoms with Crippen LogP contribution in [0.15, 0.2) is 59.5 Å². The molecule has 150 valence electrons. The predicted molar refractivity (Wildman–Crippen MR) is 116 cm³/mol. The third-order valence-electron chi connectivity index (χ3n) is 4.39. The minimum atomic E-state index is -0.609. The molecule has 0 aliphatic carbocycles. The highest BCUT2D eigenvalue weighted by atomic mass is 35.5. The molecule has 1 heterocycles. The predicted octanol–water partition coefficient (Wildman–Crippen LogP) is 3.96. The van der Waals surface area contributed by atoms with Crippen molar-refractivity contribution in [3.8, 4) is 5.69 Å². The van der Waals surface area contributed by atoms with E-state index in [4.69, 9.17) is 23.2 Å². The van der Waals surface area contributed by atoms with Gasteiger partial charge in [-0.2, -0.15) is 9.78 Å². The van der Waals surface area contributed by atoms with Crippen molar-refractivity contribution in [2.75, 3.05) is 5.32 Å². The molecule has 2 aromatic carbocycles. The normalized spacial score (nSPS) is 11.7. The van der Waals surface area contributed by atoms with E-state index in [0.29, 0.717) is 17.3 Å². The summed E-state index contributed by atoms with van der Waals surface area (Å²) in [7, 11) is 0. The first-order valence-electron chi connectivity index (χ1n) is 8.99. The van der Waals surface area contributed by atoms with E-state index in [-0.39, 0.29) is 16.6 Å². The molecular formula is C21H20Cl2N4O2. The van der Waals surface area contributed by atoms with E-state index in [0.717, 1.165) is 11.1 Å². The quantitative estimate of drug-likeness (QED) is 0.620. The number of nitrogens with zero attached hydrogens (tertiary/aromatic N) is 2. The summed E-state index contributed by atoms with van der Waals surface area (Å²) in [5.74, 6) is -0.223. The van der Waals surface area contributed by atoms with E-state index in [1.54, 1.807) is 25.1 Å². The molecule has 2 N–H and O–H groups in total. The first-order valence-corrected chi connectivity index (χ1v) is 9.75. The van der Waals surface area contributed by atoms with Gasteiger partial charge < -0.3 is 10.6 Å². The van der Waals surface area contributed by atoms with Crippen molar-refractivity contribution < 1.29 is 4.79 Å². The molecular weight excluding hydrogens is 411 g/mol. The molecule has 0 saturated carbocycles. The zero-order valence-electron chi connectivity index (χ0n) is 15.9. The van der Waals surface area contributed by atoms with Gasteiger partial charge in [-0.1, -0.05) is 59.6 Å². The molecule has 0 radical (unpaired) electrons. The smallest absolute Gasteiger partial charge is 0.292 e. The molecule has 1 aromatic heterocycles. The molecule has 0 aliphatic rings. The number of amides is 1. The summed E-state index contributed by atoms with van der Waals surface area (Å²) >= 11 is 12.4. The van der Waals surface area contributed by atoms with Crippen molar-refractivity contribution in [1.29, 1.82) is 0 Å². The van der Waals surface area contributed by atoms with Crippen molar-refractivity contribution in [1.82, 2.24) is 15.1 Å². The standard InChI is InChI=1S/C21H20Cl2N4O2/c1-13-8-9-16(10-17(13)22)27-21(29)19(23)18(12-25-27)26-14(2)20(28)24-11-15-6-4-3-5-7-15/h3-10,12,14,26H,11H2,1-2H3,(H,24,28). The number of halogens is 2. The van der Waals surface area contributed by atoms with Gasteiger partial charge in [0.05, 0.1) is 17.6 Å². The van der Waals surface area contributed by atoms with Crippen LogP contribution in [-0.2, 0) is 11.3 Å². The molecule has 1 atom stereocenters. The maximum absolute atomic E-state index is 12.6. The summed E-state index contributed by atoms with van der Waals surface area (Å²) < 4.78 is 1.17. The summed E-state index contributed by atoms with van der Waals surface area (Å²) in [4.78, 5) is 25.0. The molecule has 0 spiro atoms. The molecule has 8 heteroatoms. The van der Waals surface area contributed by atoms with Crippen molar-refractivity contribution in [3.05, 3.63) is 86.3 Å². The highest BCUT2D eigenvalue weighted by Crippen LogP contribution is 2.21. The van der Waals surface area contributed by atoms with E-state index in [1.807, 2.05) is 37.3 Å². The van der Waals surface area contributed by atoms with Gasteiger partial charge in [-0.05, 0) is 37.1 Å². The molecule has 1 amide bonds. The Bertz CT molecular complexity index is 1080. The number of anilines is 1. The Morgan fingerprint density at radius 1 is 1.17 bits per heavy atom. The van der Waals surface area contributed by atoms with Crippen LogP contribution in [0, 0.1) is 6.92 Å². The SMILES string of the molecule is Cc1ccc(-n2ncc(NC(C)C(=O)NCc3ccccc3)c(Cl)c2=O)cc1Cl. The van der Waals surface area contributed by atoms with Crippen LogP contribution in [0.1, 0.15) is 18.1 Å². The lowest BCUT2D eigenvalue weighted by molar-refractivity contribution is -0.121. The summed E-state index contributed by atoms with van der Waals surface area (Å²) in [6.45, 7) is 3.96. The Morgan fingerprint density at radius 3 is 2.59 bits per heavy atom. The van der Waals surface area contributed by atoms with Gasteiger partial charge in [-0.3, -0.25) is 9.59 Å². The molecule has 0 fully saturated rings. The fourth-order valence-electron chi connectivity index (χ4n) is 2.67. The van der Waals surface area contributed by atoms with Gasteiger partial charge in [0.15, 0.2) is 0 Å². The topological polar surface area (TPSA) is 76.0 Å². The van der Waals surface area contributed by atoms with Crippen molar-refractivity contribution in [3.63, 3.8) is 0 Å². The first kappa shape index (κ1) is 20.9. The highest BCUT2D eigenvalue weighted by molar-refractivity contribution is 6.33. The number of aryl methyl sites for hydroxylation is 1. The lowest BCUT2D eigenvalue weighted by atomic mass is 10.2. The number of nitrogens with one attached hydrogen (secondary N) is 2. The van der Waals surface area contributed by atoms with Crippen molar-refractivity contribution in [2.45, 2.75) is 26.4 Å². The fourth-order valence-corrected chi connectivity index (χ4v) is 3.03.